The van der Waals surface area contributed by atoms with Crippen molar-refractivity contribution in [3.63, 3.8) is 0 Å². The zero-order valence-electron chi connectivity index (χ0n) is 17.0. The maximum Gasteiger partial charge on any atom is 0.264 e. The van der Waals surface area contributed by atoms with Gasteiger partial charge in [0.25, 0.3) is 5.91 Å². The summed E-state index contributed by atoms with van der Waals surface area (Å²) in [7, 11) is -3.57. The highest BCUT2D eigenvalue weighted by Crippen LogP contribution is 2.38. The Bertz CT molecular complexity index is 1040. The van der Waals surface area contributed by atoms with E-state index in [4.69, 9.17) is 4.74 Å². The first-order chi connectivity index (χ1) is 13.8. The van der Waals surface area contributed by atoms with E-state index < -0.39 is 16.1 Å². The quantitative estimate of drug-likeness (QED) is 0.775. The molecule has 2 aromatic rings. The largest absolute Gasteiger partial charge is 0.480 e. The first kappa shape index (κ1) is 19.9. The van der Waals surface area contributed by atoms with Crippen molar-refractivity contribution >= 4 is 15.9 Å². The molecule has 1 amide bonds. The van der Waals surface area contributed by atoms with Gasteiger partial charge in [0, 0.05) is 37.7 Å². The third kappa shape index (κ3) is 3.53. The van der Waals surface area contributed by atoms with Gasteiger partial charge in [-0.3, -0.25) is 4.79 Å². The Morgan fingerprint density at radius 1 is 1.03 bits per heavy atom. The highest BCUT2D eigenvalue weighted by molar-refractivity contribution is 7.89. The summed E-state index contributed by atoms with van der Waals surface area (Å²) in [6.45, 7) is 7.06. The van der Waals surface area contributed by atoms with Crippen molar-refractivity contribution in [1.82, 2.24) is 9.21 Å². The monoisotopic (exact) mass is 414 g/mol. The standard InChI is InChI=1S/C22H26N2O4S/c1-15-8-9-20(16(2)14-15)29(26,27)24-12-10-23(11-13-24)22(25)21-17(3)18-6-4-5-7-19(18)28-21/h4-9,14,17,21H,10-13H2,1-3H3. The van der Waals surface area contributed by atoms with Crippen LogP contribution in [0.2, 0.25) is 0 Å². The van der Waals surface area contributed by atoms with Crippen molar-refractivity contribution < 1.29 is 17.9 Å². The zero-order chi connectivity index (χ0) is 20.8. The number of hydrogen-bond acceptors (Lipinski definition) is 4. The molecule has 2 aliphatic heterocycles. The molecule has 0 spiro atoms. The molecule has 0 aromatic heterocycles. The van der Waals surface area contributed by atoms with E-state index >= 15 is 0 Å². The second-order valence-electron chi connectivity index (χ2n) is 7.86. The maximum absolute atomic E-state index is 13.1. The molecule has 2 atom stereocenters. The Kier molecular flexibility index (Phi) is 5.12. The van der Waals surface area contributed by atoms with Gasteiger partial charge in [-0.05, 0) is 31.5 Å². The van der Waals surface area contributed by atoms with Gasteiger partial charge in [0.2, 0.25) is 10.0 Å². The van der Waals surface area contributed by atoms with E-state index in [1.54, 1.807) is 11.0 Å². The molecule has 0 radical (unpaired) electrons. The minimum atomic E-state index is -3.57. The first-order valence-corrected chi connectivity index (χ1v) is 11.3. The number of benzene rings is 2. The van der Waals surface area contributed by atoms with E-state index in [2.05, 4.69) is 0 Å². The fourth-order valence-electron chi connectivity index (χ4n) is 4.19. The number of carbonyl (C=O) groups is 1. The van der Waals surface area contributed by atoms with Gasteiger partial charge in [0.05, 0.1) is 4.90 Å². The number of sulfonamides is 1. The average molecular weight is 415 g/mol. The van der Waals surface area contributed by atoms with E-state index in [1.165, 1.54) is 4.31 Å². The molecule has 2 unspecified atom stereocenters. The maximum atomic E-state index is 13.1. The highest BCUT2D eigenvalue weighted by atomic mass is 32.2. The van der Waals surface area contributed by atoms with Crippen LogP contribution in [-0.2, 0) is 14.8 Å². The van der Waals surface area contributed by atoms with Crippen molar-refractivity contribution in [3.8, 4) is 5.75 Å². The molecule has 29 heavy (non-hydrogen) atoms. The van der Waals surface area contributed by atoms with Crippen LogP contribution >= 0.6 is 0 Å². The van der Waals surface area contributed by atoms with Gasteiger partial charge < -0.3 is 9.64 Å². The summed E-state index contributed by atoms with van der Waals surface area (Å²) in [4.78, 5) is 15.1. The fourth-order valence-corrected chi connectivity index (χ4v) is 5.81. The topological polar surface area (TPSA) is 66.9 Å². The first-order valence-electron chi connectivity index (χ1n) is 9.91. The number of piperazine rings is 1. The summed E-state index contributed by atoms with van der Waals surface area (Å²) in [6, 6.07) is 13.1. The number of hydrogen-bond donors (Lipinski definition) is 0. The molecule has 154 valence electrons. The van der Waals surface area contributed by atoms with Crippen LogP contribution in [0.3, 0.4) is 0 Å². The molecule has 1 saturated heterocycles. The van der Waals surface area contributed by atoms with Gasteiger partial charge in [0.15, 0.2) is 6.10 Å². The Balaban J connectivity index is 1.44. The van der Waals surface area contributed by atoms with Crippen LogP contribution in [0.25, 0.3) is 0 Å². The lowest BCUT2D eigenvalue weighted by atomic mass is 9.97. The molecular weight excluding hydrogens is 388 g/mol. The summed E-state index contributed by atoms with van der Waals surface area (Å²) in [5, 5.41) is 0. The number of amides is 1. The second-order valence-corrected chi connectivity index (χ2v) is 9.77. The summed E-state index contributed by atoms with van der Waals surface area (Å²) < 4.78 is 33.5. The molecule has 7 heteroatoms. The molecule has 6 nitrogen and oxygen atoms in total. The van der Waals surface area contributed by atoms with E-state index in [0.717, 1.165) is 22.4 Å². The van der Waals surface area contributed by atoms with Crippen molar-refractivity contribution in [3.05, 3.63) is 59.2 Å². The number of rotatable bonds is 3. The van der Waals surface area contributed by atoms with Gasteiger partial charge >= 0.3 is 0 Å². The lowest BCUT2D eigenvalue weighted by Gasteiger charge is -2.35. The molecular formula is C22H26N2O4S. The van der Waals surface area contributed by atoms with Gasteiger partial charge in [-0.25, -0.2) is 8.42 Å². The third-order valence-corrected chi connectivity index (χ3v) is 7.92. The van der Waals surface area contributed by atoms with E-state index in [1.807, 2.05) is 57.2 Å². The van der Waals surface area contributed by atoms with Crippen LogP contribution in [0.4, 0.5) is 0 Å². The SMILES string of the molecule is Cc1ccc(S(=O)(=O)N2CCN(C(=O)C3Oc4ccccc4C3C)CC2)c(C)c1. The van der Waals surface area contributed by atoms with Crippen LogP contribution in [0.5, 0.6) is 5.75 Å². The molecule has 0 saturated carbocycles. The minimum Gasteiger partial charge on any atom is -0.480 e. The Labute approximate surface area is 172 Å². The third-order valence-electron chi connectivity index (χ3n) is 5.86. The van der Waals surface area contributed by atoms with Gasteiger partial charge in [-0.15, -0.1) is 0 Å². The van der Waals surface area contributed by atoms with E-state index in [9.17, 15) is 13.2 Å². The van der Waals surface area contributed by atoms with Crippen LogP contribution in [-0.4, -0.2) is 55.8 Å². The fraction of sp³-hybridized carbons (Fsp3) is 0.409. The molecule has 0 N–H and O–H groups in total. The lowest BCUT2D eigenvalue weighted by molar-refractivity contribution is -0.139. The number of nitrogens with zero attached hydrogens (tertiary/aromatic N) is 2. The number of ether oxygens (including phenoxy) is 1. The van der Waals surface area contributed by atoms with Crippen LogP contribution in [0.15, 0.2) is 47.4 Å². The van der Waals surface area contributed by atoms with Crippen molar-refractivity contribution in [2.45, 2.75) is 37.7 Å². The Hall–Kier alpha value is -2.38. The second kappa shape index (κ2) is 7.46. The normalized spacial score (nSPS) is 22.2. The molecule has 2 heterocycles. The van der Waals surface area contributed by atoms with Crippen molar-refractivity contribution in [1.29, 1.82) is 0 Å². The zero-order valence-corrected chi connectivity index (χ0v) is 17.8. The molecule has 1 fully saturated rings. The van der Waals surface area contributed by atoms with Crippen LogP contribution in [0, 0.1) is 13.8 Å². The Morgan fingerprint density at radius 3 is 2.38 bits per heavy atom. The van der Waals surface area contributed by atoms with Gasteiger partial charge in [0.1, 0.15) is 5.75 Å². The van der Waals surface area contributed by atoms with Crippen LogP contribution < -0.4 is 4.74 Å². The molecule has 4 rings (SSSR count). The molecule has 0 bridgehead atoms. The predicted molar refractivity (Wildman–Crippen MR) is 111 cm³/mol. The van der Waals surface area contributed by atoms with E-state index in [-0.39, 0.29) is 24.9 Å². The van der Waals surface area contributed by atoms with Crippen LogP contribution in [0.1, 0.15) is 29.5 Å². The smallest absolute Gasteiger partial charge is 0.264 e. The summed E-state index contributed by atoms with van der Waals surface area (Å²) in [5.74, 6) is 0.669. The predicted octanol–water partition coefficient (Wildman–Crippen LogP) is 2.70. The van der Waals surface area contributed by atoms with Crippen molar-refractivity contribution in [2.24, 2.45) is 0 Å². The Morgan fingerprint density at radius 2 is 1.72 bits per heavy atom. The molecule has 2 aromatic carbocycles. The van der Waals surface area contributed by atoms with Gasteiger partial charge in [-0.2, -0.15) is 4.31 Å². The highest BCUT2D eigenvalue weighted by Gasteiger charge is 2.40. The van der Waals surface area contributed by atoms with Crippen molar-refractivity contribution in [2.75, 3.05) is 26.2 Å². The average Bonchev–Trinajstić information content (AvgIpc) is 3.04. The summed E-state index contributed by atoms with van der Waals surface area (Å²) >= 11 is 0. The summed E-state index contributed by atoms with van der Waals surface area (Å²) in [5.41, 5.74) is 2.82. The molecule has 0 aliphatic carbocycles. The number of aryl methyl sites for hydroxylation is 2. The minimum absolute atomic E-state index is 0.0179. The number of fused-ring (bicyclic) bond motifs is 1. The number of carbonyl (C=O) groups excluding carboxylic acids is 1. The number of para-hydroxylation sites is 1. The lowest BCUT2D eigenvalue weighted by Crippen LogP contribution is -2.53. The van der Waals surface area contributed by atoms with E-state index in [0.29, 0.717) is 18.0 Å². The summed E-state index contributed by atoms with van der Waals surface area (Å²) in [6.07, 6.45) is -0.546. The van der Waals surface area contributed by atoms with Gasteiger partial charge in [-0.1, -0.05) is 42.8 Å². The molecule has 2 aliphatic rings.